The van der Waals surface area contributed by atoms with Crippen LogP contribution in [0.1, 0.15) is 46.2 Å². The molecule has 0 spiro atoms. The predicted molar refractivity (Wildman–Crippen MR) is 140 cm³/mol. The molecule has 11 heteroatoms. The van der Waals surface area contributed by atoms with Crippen molar-refractivity contribution >= 4 is 41.2 Å². The van der Waals surface area contributed by atoms with Crippen LogP contribution in [0.5, 0.6) is 0 Å². The van der Waals surface area contributed by atoms with Gasteiger partial charge in [-0.15, -0.1) is 0 Å². The van der Waals surface area contributed by atoms with Gasteiger partial charge in [-0.3, -0.25) is 9.80 Å². The maximum atomic E-state index is 13.3. The van der Waals surface area contributed by atoms with Gasteiger partial charge in [0.25, 0.3) is 0 Å². The number of hydrogen-bond donors (Lipinski definition) is 2. The first-order valence-corrected chi connectivity index (χ1v) is 13.1. The van der Waals surface area contributed by atoms with Crippen molar-refractivity contribution in [2.24, 2.45) is 0 Å². The summed E-state index contributed by atoms with van der Waals surface area (Å²) in [6.07, 6.45) is 0. The fraction of sp³-hybridized carbons (Fsp3) is 0.560. The van der Waals surface area contributed by atoms with E-state index in [-0.39, 0.29) is 30.8 Å². The number of benzene rings is 1. The number of nitrogens with zero attached hydrogens (tertiary/aromatic N) is 3. The van der Waals surface area contributed by atoms with E-state index in [4.69, 9.17) is 27.9 Å². The quantitative estimate of drug-likeness (QED) is 0.510. The van der Waals surface area contributed by atoms with Gasteiger partial charge in [0.05, 0.1) is 18.2 Å². The Labute approximate surface area is 222 Å². The lowest BCUT2D eigenvalue weighted by molar-refractivity contribution is -0.139. The topological polar surface area (TPSA) is 94.2 Å². The Hall–Kier alpha value is -2.49. The van der Waals surface area contributed by atoms with E-state index in [9.17, 15) is 14.4 Å². The van der Waals surface area contributed by atoms with Crippen LogP contribution in [-0.2, 0) is 9.53 Å². The van der Waals surface area contributed by atoms with E-state index < -0.39 is 12.0 Å². The third-order valence-corrected chi connectivity index (χ3v) is 6.84. The number of hydrogen-bond acceptors (Lipinski definition) is 5. The van der Waals surface area contributed by atoms with Gasteiger partial charge < -0.3 is 20.3 Å². The molecule has 4 amide bonds. The van der Waals surface area contributed by atoms with Crippen molar-refractivity contribution < 1.29 is 19.1 Å². The highest BCUT2D eigenvalue weighted by Gasteiger charge is 2.40. The highest BCUT2D eigenvalue weighted by molar-refractivity contribution is 6.35. The van der Waals surface area contributed by atoms with Gasteiger partial charge in [0, 0.05) is 60.5 Å². The fourth-order valence-electron chi connectivity index (χ4n) is 4.65. The number of nitrogens with one attached hydrogen (secondary N) is 2. The molecule has 36 heavy (non-hydrogen) atoms. The summed E-state index contributed by atoms with van der Waals surface area (Å²) in [5.74, 6) is -0.509. The molecule has 9 nitrogen and oxygen atoms in total. The Morgan fingerprint density at radius 1 is 1.22 bits per heavy atom. The van der Waals surface area contributed by atoms with Crippen molar-refractivity contribution in [3.05, 3.63) is 45.1 Å². The van der Waals surface area contributed by atoms with Crippen molar-refractivity contribution in [2.45, 2.75) is 52.7 Å². The molecule has 0 radical (unpaired) electrons. The number of amides is 4. The maximum Gasteiger partial charge on any atom is 0.338 e. The minimum Gasteiger partial charge on any atom is -0.463 e. The smallest absolute Gasteiger partial charge is 0.338 e. The molecular weight excluding hydrogens is 505 g/mol. The van der Waals surface area contributed by atoms with Crippen molar-refractivity contribution in [1.82, 2.24) is 25.3 Å². The molecule has 1 fully saturated rings. The second-order valence-electron chi connectivity index (χ2n) is 9.26. The van der Waals surface area contributed by atoms with Crippen LogP contribution >= 0.6 is 23.2 Å². The van der Waals surface area contributed by atoms with Gasteiger partial charge in [-0.25, -0.2) is 14.4 Å². The van der Waals surface area contributed by atoms with Crippen LogP contribution in [-0.4, -0.2) is 84.1 Å². The standard InChI is InChI=1S/C25H35Cl2N5O4/c1-6-31-20(14-30-10-11-32(16(5)13-30)24(34)28-15(3)4)21(23(33)36-7-2)22(29-25(31)35)18-9-8-17(26)12-19(18)27/h8-9,12,15-16,22H,6-7,10-11,13-14H2,1-5H3,(H,28,34)(H,29,35)/t16-,22+/m1/s1. The first-order valence-electron chi connectivity index (χ1n) is 12.3. The minimum atomic E-state index is -0.783. The van der Waals surface area contributed by atoms with E-state index in [2.05, 4.69) is 15.5 Å². The van der Waals surface area contributed by atoms with Gasteiger partial charge in [0.15, 0.2) is 0 Å². The first-order chi connectivity index (χ1) is 17.1. The monoisotopic (exact) mass is 539 g/mol. The second-order valence-corrected chi connectivity index (χ2v) is 10.1. The molecule has 2 aliphatic heterocycles. The molecule has 0 bridgehead atoms. The van der Waals surface area contributed by atoms with Gasteiger partial charge >= 0.3 is 18.0 Å². The summed E-state index contributed by atoms with van der Waals surface area (Å²) in [5.41, 5.74) is 1.48. The van der Waals surface area contributed by atoms with E-state index in [0.717, 1.165) is 0 Å². The number of esters is 1. The number of urea groups is 2. The Morgan fingerprint density at radius 2 is 1.94 bits per heavy atom. The highest BCUT2D eigenvalue weighted by atomic mass is 35.5. The van der Waals surface area contributed by atoms with E-state index >= 15 is 0 Å². The minimum absolute atomic E-state index is 0.0434. The second kappa shape index (κ2) is 12.2. The number of rotatable bonds is 7. The van der Waals surface area contributed by atoms with Gasteiger partial charge in [0.2, 0.25) is 0 Å². The number of carbonyl (C=O) groups excluding carboxylic acids is 3. The number of carbonyl (C=O) groups is 3. The number of likely N-dealkylation sites (N-methyl/N-ethyl adjacent to an activating group) is 1. The van der Waals surface area contributed by atoms with Crippen LogP contribution < -0.4 is 10.6 Å². The van der Waals surface area contributed by atoms with Crippen molar-refractivity contribution in [3.63, 3.8) is 0 Å². The number of halogens is 2. The van der Waals surface area contributed by atoms with Crippen molar-refractivity contribution in [3.8, 4) is 0 Å². The van der Waals surface area contributed by atoms with Crippen LogP contribution in [0, 0.1) is 0 Å². The molecule has 2 N–H and O–H groups in total. The Kier molecular flexibility index (Phi) is 9.49. The molecule has 2 aliphatic rings. The first kappa shape index (κ1) is 28.1. The Morgan fingerprint density at radius 3 is 2.53 bits per heavy atom. The van der Waals surface area contributed by atoms with Crippen molar-refractivity contribution in [1.29, 1.82) is 0 Å². The van der Waals surface area contributed by atoms with E-state index in [1.54, 1.807) is 30.0 Å². The molecule has 1 aromatic carbocycles. The van der Waals surface area contributed by atoms with Crippen LogP contribution in [0.3, 0.4) is 0 Å². The van der Waals surface area contributed by atoms with Crippen LogP contribution in [0.15, 0.2) is 29.5 Å². The van der Waals surface area contributed by atoms with Gasteiger partial charge in [0.1, 0.15) is 0 Å². The number of ether oxygens (including phenoxy) is 1. The van der Waals surface area contributed by atoms with E-state index in [1.165, 1.54) is 0 Å². The molecule has 0 unspecified atom stereocenters. The summed E-state index contributed by atoms with van der Waals surface area (Å²) in [4.78, 5) is 44.5. The summed E-state index contributed by atoms with van der Waals surface area (Å²) >= 11 is 12.6. The van der Waals surface area contributed by atoms with Crippen LogP contribution in [0.2, 0.25) is 10.0 Å². The molecule has 2 heterocycles. The lowest BCUT2D eigenvalue weighted by Crippen LogP contribution is -2.58. The van der Waals surface area contributed by atoms with Gasteiger partial charge in [-0.2, -0.15) is 0 Å². The molecule has 2 atom stereocenters. The normalized spacial score (nSPS) is 21.1. The summed E-state index contributed by atoms with van der Waals surface area (Å²) < 4.78 is 5.43. The molecule has 0 saturated carbocycles. The Balaban J connectivity index is 1.97. The van der Waals surface area contributed by atoms with E-state index in [0.29, 0.717) is 59.6 Å². The molecule has 198 valence electrons. The van der Waals surface area contributed by atoms with Crippen LogP contribution in [0.4, 0.5) is 9.59 Å². The zero-order valence-corrected chi connectivity index (χ0v) is 22.9. The van der Waals surface area contributed by atoms with E-state index in [1.807, 2.05) is 32.6 Å². The fourth-order valence-corrected chi connectivity index (χ4v) is 5.16. The summed E-state index contributed by atoms with van der Waals surface area (Å²) in [6, 6.07) is 3.79. The largest absolute Gasteiger partial charge is 0.463 e. The highest BCUT2D eigenvalue weighted by Crippen LogP contribution is 2.36. The lowest BCUT2D eigenvalue weighted by atomic mass is 9.94. The third kappa shape index (κ3) is 6.25. The predicted octanol–water partition coefficient (Wildman–Crippen LogP) is 4.02. The molecule has 0 aromatic heterocycles. The zero-order valence-electron chi connectivity index (χ0n) is 21.4. The average Bonchev–Trinajstić information content (AvgIpc) is 2.78. The van der Waals surface area contributed by atoms with Gasteiger partial charge in [-0.1, -0.05) is 29.3 Å². The van der Waals surface area contributed by atoms with Crippen molar-refractivity contribution in [2.75, 3.05) is 39.3 Å². The summed E-state index contributed by atoms with van der Waals surface area (Å²) in [7, 11) is 0. The third-order valence-electron chi connectivity index (χ3n) is 6.28. The molecular formula is C25H35Cl2N5O4. The summed E-state index contributed by atoms with van der Waals surface area (Å²) in [6.45, 7) is 12.1. The maximum absolute atomic E-state index is 13.3. The molecule has 1 aromatic rings. The molecule has 0 aliphatic carbocycles. The lowest BCUT2D eigenvalue weighted by Gasteiger charge is -2.43. The SMILES string of the molecule is CCOC(=O)C1=C(CN2CCN(C(=O)NC(C)C)[C@H](C)C2)N(CC)C(=O)N[C@H]1c1ccc(Cl)cc1Cl. The average molecular weight is 540 g/mol. The molecule has 1 saturated heterocycles. The number of piperazine rings is 1. The van der Waals surface area contributed by atoms with Crippen LogP contribution in [0.25, 0.3) is 0 Å². The zero-order chi connectivity index (χ0) is 26.6. The van der Waals surface area contributed by atoms with Gasteiger partial charge in [-0.05, 0) is 52.3 Å². The Bertz CT molecular complexity index is 1030. The summed E-state index contributed by atoms with van der Waals surface area (Å²) in [5, 5.41) is 6.67. The molecule has 3 rings (SSSR count).